The van der Waals surface area contributed by atoms with Crippen LogP contribution >= 0.6 is 7.82 Å². The zero-order chi connectivity index (χ0) is 42.5. The van der Waals surface area contributed by atoms with E-state index in [4.69, 9.17) is 24.3 Å². The third-order valence-corrected chi connectivity index (χ3v) is 12.2. The predicted molar refractivity (Wildman–Crippen MR) is 243 cm³/mol. The maximum atomic E-state index is 12.6. The van der Waals surface area contributed by atoms with E-state index in [-0.39, 0.29) is 38.6 Å². The first-order valence-electron chi connectivity index (χ1n) is 25.0. The molecule has 0 saturated carbocycles. The van der Waals surface area contributed by atoms with Crippen LogP contribution in [0.3, 0.4) is 0 Å². The summed E-state index contributed by atoms with van der Waals surface area (Å²) >= 11 is 0. The van der Waals surface area contributed by atoms with Crippen LogP contribution in [0.25, 0.3) is 0 Å². The average Bonchev–Trinajstić information content (AvgIpc) is 3.21. The molecular weight excluding hydrogens is 750 g/mol. The highest BCUT2D eigenvalue weighted by Crippen LogP contribution is 2.43. The molecule has 0 saturated heterocycles. The summed E-state index contributed by atoms with van der Waals surface area (Å²) in [6.45, 7) is 3.80. The van der Waals surface area contributed by atoms with Gasteiger partial charge < -0.3 is 20.1 Å². The van der Waals surface area contributed by atoms with E-state index in [0.29, 0.717) is 6.42 Å². The number of phosphoric acid groups is 1. The van der Waals surface area contributed by atoms with Crippen LogP contribution in [0.4, 0.5) is 0 Å². The lowest BCUT2D eigenvalue weighted by Gasteiger charge is -2.19. The maximum Gasteiger partial charge on any atom is 0.472 e. The second-order valence-electron chi connectivity index (χ2n) is 17.1. The number of hydrogen-bond donors (Lipinski definition) is 2. The molecule has 0 bridgehead atoms. The van der Waals surface area contributed by atoms with Gasteiger partial charge in [0.25, 0.3) is 0 Å². The monoisotopic (exact) mass is 846 g/mol. The van der Waals surface area contributed by atoms with Gasteiger partial charge in [-0.2, -0.15) is 0 Å². The summed E-state index contributed by atoms with van der Waals surface area (Å²) in [4.78, 5) is 35.0. The van der Waals surface area contributed by atoms with Gasteiger partial charge in [0.2, 0.25) is 0 Å². The minimum Gasteiger partial charge on any atom is -0.462 e. The van der Waals surface area contributed by atoms with E-state index in [9.17, 15) is 19.0 Å². The molecule has 346 valence electrons. The summed E-state index contributed by atoms with van der Waals surface area (Å²) in [6.07, 6.45) is 47.1. The number of unbranched alkanes of at least 4 members (excludes halogenated alkanes) is 35. The Morgan fingerprint density at radius 2 is 0.741 bits per heavy atom. The molecule has 0 aliphatic heterocycles. The molecule has 0 aliphatic rings. The topological polar surface area (TPSA) is 134 Å². The van der Waals surface area contributed by atoms with E-state index in [0.717, 1.165) is 32.1 Å². The number of nitrogens with two attached hydrogens (primary N) is 1. The van der Waals surface area contributed by atoms with Crippen LogP contribution in [0, 0.1) is 0 Å². The van der Waals surface area contributed by atoms with Crippen molar-refractivity contribution in [1.82, 2.24) is 0 Å². The van der Waals surface area contributed by atoms with Crippen molar-refractivity contribution in [1.29, 1.82) is 0 Å². The van der Waals surface area contributed by atoms with Crippen molar-refractivity contribution in [3.63, 3.8) is 0 Å². The molecule has 0 rings (SSSR count). The Morgan fingerprint density at radius 3 is 1.05 bits per heavy atom. The van der Waals surface area contributed by atoms with Crippen LogP contribution in [0.15, 0.2) is 0 Å². The SMILES string of the molecule is CCCCCCCCCCCCCCCCCCCCCCC(=O)OC(COC(=O)CCCCCCCCCCCCCCCCCCC)COP(=O)(O)OCCN. The van der Waals surface area contributed by atoms with E-state index in [1.807, 2.05) is 0 Å². The fourth-order valence-electron chi connectivity index (χ4n) is 7.52. The number of ether oxygens (including phenoxy) is 2. The van der Waals surface area contributed by atoms with Gasteiger partial charge in [-0.1, -0.05) is 239 Å². The summed E-state index contributed by atoms with van der Waals surface area (Å²) < 4.78 is 32.9. The predicted octanol–water partition coefficient (Wildman–Crippen LogP) is 14.8. The fraction of sp³-hybridized carbons (Fsp3) is 0.958. The molecule has 0 amide bonds. The molecule has 0 heterocycles. The van der Waals surface area contributed by atoms with Crippen LogP contribution in [0.1, 0.15) is 264 Å². The molecule has 0 aromatic rings. The molecule has 2 unspecified atom stereocenters. The zero-order valence-corrected chi connectivity index (χ0v) is 39.2. The summed E-state index contributed by atoms with van der Waals surface area (Å²) in [6, 6.07) is 0. The maximum absolute atomic E-state index is 12.6. The van der Waals surface area contributed by atoms with E-state index in [1.165, 1.54) is 199 Å². The number of carbonyl (C=O) groups excluding carboxylic acids is 2. The Balaban J connectivity index is 4.00. The highest BCUT2D eigenvalue weighted by molar-refractivity contribution is 7.47. The number of carbonyl (C=O) groups is 2. The first-order chi connectivity index (χ1) is 28.3. The highest BCUT2D eigenvalue weighted by Gasteiger charge is 2.26. The van der Waals surface area contributed by atoms with Gasteiger partial charge >= 0.3 is 19.8 Å². The van der Waals surface area contributed by atoms with E-state index < -0.39 is 26.5 Å². The van der Waals surface area contributed by atoms with Crippen LogP contribution < -0.4 is 5.73 Å². The van der Waals surface area contributed by atoms with Crippen molar-refractivity contribution in [3.05, 3.63) is 0 Å². The normalized spacial score (nSPS) is 13.1. The molecule has 0 fully saturated rings. The Labute approximate surface area is 358 Å². The molecule has 0 radical (unpaired) electrons. The van der Waals surface area contributed by atoms with Crippen LogP contribution in [-0.2, 0) is 32.7 Å². The lowest BCUT2D eigenvalue weighted by Crippen LogP contribution is -2.29. The summed E-state index contributed by atoms with van der Waals surface area (Å²) in [5.41, 5.74) is 5.36. The Morgan fingerprint density at radius 1 is 0.448 bits per heavy atom. The number of hydrogen-bond acceptors (Lipinski definition) is 8. The number of phosphoric ester groups is 1. The molecule has 10 heteroatoms. The van der Waals surface area contributed by atoms with Crippen molar-refractivity contribution in [2.45, 2.75) is 270 Å². The van der Waals surface area contributed by atoms with E-state index >= 15 is 0 Å². The van der Waals surface area contributed by atoms with Crippen LogP contribution in [0.5, 0.6) is 0 Å². The molecule has 58 heavy (non-hydrogen) atoms. The van der Waals surface area contributed by atoms with Gasteiger partial charge in [0, 0.05) is 19.4 Å². The first-order valence-corrected chi connectivity index (χ1v) is 26.5. The van der Waals surface area contributed by atoms with Gasteiger partial charge in [-0.25, -0.2) is 4.57 Å². The van der Waals surface area contributed by atoms with Gasteiger partial charge in [0.05, 0.1) is 13.2 Å². The number of esters is 2. The van der Waals surface area contributed by atoms with E-state index in [2.05, 4.69) is 13.8 Å². The Bertz CT molecular complexity index is 922. The molecule has 9 nitrogen and oxygen atoms in total. The molecular formula is C48H96NO8P. The molecule has 0 aliphatic carbocycles. The third-order valence-electron chi connectivity index (χ3n) is 11.2. The van der Waals surface area contributed by atoms with Crippen molar-refractivity contribution in [2.75, 3.05) is 26.4 Å². The Hall–Kier alpha value is -0.990. The largest absolute Gasteiger partial charge is 0.472 e. The second-order valence-corrected chi connectivity index (χ2v) is 18.5. The molecule has 2 atom stereocenters. The quantitative estimate of drug-likeness (QED) is 0.0349. The van der Waals surface area contributed by atoms with Crippen molar-refractivity contribution >= 4 is 19.8 Å². The summed E-state index contributed by atoms with van der Waals surface area (Å²) in [7, 11) is -4.37. The van der Waals surface area contributed by atoms with Gasteiger partial charge in [-0.3, -0.25) is 18.6 Å². The lowest BCUT2D eigenvalue weighted by molar-refractivity contribution is -0.161. The number of rotatable bonds is 48. The van der Waals surface area contributed by atoms with Gasteiger partial charge in [-0.15, -0.1) is 0 Å². The molecule has 0 spiro atoms. The first kappa shape index (κ1) is 57.0. The fourth-order valence-corrected chi connectivity index (χ4v) is 8.29. The Kier molecular flexibility index (Phi) is 44.8. The van der Waals surface area contributed by atoms with Crippen molar-refractivity contribution in [3.8, 4) is 0 Å². The third kappa shape index (κ3) is 44.6. The molecule has 0 aromatic carbocycles. The van der Waals surface area contributed by atoms with Gasteiger partial charge in [0.1, 0.15) is 6.61 Å². The van der Waals surface area contributed by atoms with Crippen molar-refractivity contribution < 1.29 is 37.6 Å². The summed E-state index contributed by atoms with van der Waals surface area (Å²) in [5, 5.41) is 0. The second kappa shape index (κ2) is 45.5. The molecule has 0 aromatic heterocycles. The minimum atomic E-state index is -4.37. The van der Waals surface area contributed by atoms with Crippen LogP contribution in [-0.4, -0.2) is 49.3 Å². The zero-order valence-electron chi connectivity index (χ0n) is 38.3. The highest BCUT2D eigenvalue weighted by atomic mass is 31.2. The van der Waals surface area contributed by atoms with Crippen LogP contribution in [0.2, 0.25) is 0 Å². The minimum absolute atomic E-state index is 0.0583. The van der Waals surface area contributed by atoms with Gasteiger partial charge in [-0.05, 0) is 12.8 Å². The standard InChI is InChI=1S/C48H96NO8P/c1-3-5-7-9-11-13-15-17-19-21-22-23-25-27-29-31-33-35-37-39-41-48(51)57-46(45-56-58(52,53)55-43-42-49)44-54-47(50)40-38-36-34-32-30-28-26-24-20-18-16-14-12-10-8-6-4-2/h46H,3-45,49H2,1-2H3,(H,52,53). The molecule has 3 N–H and O–H groups in total. The summed E-state index contributed by atoms with van der Waals surface area (Å²) in [5.74, 6) is -0.807. The van der Waals surface area contributed by atoms with Gasteiger partial charge in [0.15, 0.2) is 6.10 Å². The van der Waals surface area contributed by atoms with Crippen molar-refractivity contribution in [2.24, 2.45) is 5.73 Å². The average molecular weight is 846 g/mol. The van der Waals surface area contributed by atoms with E-state index in [1.54, 1.807) is 0 Å². The lowest BCUT2D eigenvalue weighted by atomic mass is 10.0. The smallest absolute Gasteiger partial charge is 0.462 e.